The summed E-state index contributed by atoms with van der Waals surface area (Å²) in [4.78, 5) is 7.16. The smallest absolute Gasteiger partial charge is 0.191 e. The van der Waals surface area contributed by atoms with Crippen molar-refractivity contribution in [2.24, 2.45) is 4.99 Å². The molecule has 3 N–H and O–H groups in total. The molecule has 1 saturated heterocycles. The summed E-state index contributed by atoms with van der Waals surface area (Å²) in [6.07, 6.45) is 3.38. The lowest BCUT2D eigenvalue weighted by Gasteiger charge is -2.34. The Morgan fingerprint density at radius 1 is 1.29 bits per heavy atom. The standard InChI is InChI=1S/C21H33FN4O2/c1-2-23-21(25-18-6-8-19(27)9-7-18)24-15-20(26-10-12-28-13-11-26)16-4-3-5-17(22)14-16/h3-5,14,18-20,27H,2,6-13,15H2,1H3,(H2,23,24,25). The second-order valence-corrected chi connectivity index (χ2v) is 7.59. The van der Waals surface area contributed by atoms with Gasteiger partial charge in [0.2, 0.25) is 0 Å². The maximum absolute atomic E-state index is 13.8. The van der Waals surface area contributed by atoms with Crippen molar-refractivity contribution in [2.75, 3.05) is 39.4 Å². The Morgan fingerprint density at radius 3 is 2.71 bits per heavy atom. The van der Waals surface area contributed by atoms with Crippen molar-refractivity contribution in [3.63, 3.8) is 0 Å². The molecule has 1 aromatic carbocycles. The van der Waals surface area contributed by atoms with E-state index in [9.17, 15) is 9.50 Å². The number of morpholine rings is 1. The molecule has 6 nitrogen and oxygen atoms in total. The third kappa shape index (κ3) is 6.15. The maximum Gasteiger partial charge on any atom is 0.191 e. The Morgan fingerprint density at radius 2 is 2.04 bits per heavy atom. The number of aliphatic imine (C=N–C) groups is 1. The van der Waals surface area contributed by atoms with E-state index < -0.39 is 0 Å². The van der Waals surface area contributed by atoms with E-state index in [0.29, 0.717) is 25.8 Å². The third-order valence-corrected chi connectivity index (χ3v) is 5.52. The van der Waals surface area contributed by atoms with E-state index in [4.69, 9.17) is 9.73 Å². The molecule has 0 bridgehead atoms. The zero-order valence-corrected chi connectivity index (χ0v) is 16.7. The highest BCUT2D eigenvalue weighted by molar-refractivity contribution is 5.80. The molecule has 28 heavy (non-hydrogen) atoms. The molecule has 0 amide bonds. The molecular formula is C21H33FN4O2. The van der Waals surface area contributed by atoms with Crippen LogP contribution in [-0.2, 0) is 4.74 Å². The summed E-state index contributed by atoms with van der Waals surface area (Å²) in [6.45, 7) is 6.41. The molecule has 2 fully saturated rings. The third-order valence-electron chi connectivity index (χ3n) is 5.52. The van der Waals surface area contributed by atoms with Gasteiger partial charge in [0, 0.05) is 25.7 Å². The van der Waals surface area contributed by atoms with Gasteiger partial charge in [0.05, 0.1) is 31.9 Å². The van der Waals surface area contributed by atoms with Gasteiger partial charge < -0.3 is 20.5 Å². The molecular weight excluding hydrogens is 359 g/mol. The van der Waals surface area contributed by atoms with Crippen molar-refractivity contribution in [3.05, 3.63) is 35.6 Å². The van der Waals surface area contributed by atoms with Gasteiger partial charge in [-0.25, -0.2) is 4.39 Å². The highest BCUT2D eigenvalue weighted by Crippen LogP contribution is 2.23. The first kappa shape index (κ1) is 21.0. The lowest BCUT2D eigenvalue weighted by Crippen LogP contribution is -2.46. The normalized spacial score (nSPS) is 25.3. The highest BCUT2D eigenvalue weighted by atomic mass is 19.1. The minimum Gasteiger partial charge on any atom is -0.393 e. The molecule has 7 heteroatoms. The van der Waals surface area contributed by atoms with Crippen LogP contribution < -0.4 is 10.6 Å². The van der Waals surface area contributed by atoms with Crippen LogP contribution in [-0.4, -0.2) is 67.5 Å². The molecule has 0 spiro atoms. The van der Waals surface area contributed by atoms with Crippen molar-refractivity contribution in [3.8, 4) is 0 Å². The average Bonchev–Trinajstić information content (AvgIpc) is 2.71. The van der Waals surface area contributed by atoms with E-state index >= 15 is 0 Å². The number of aliphatic hydroxyl groups excluding tert-OH is 1. The van der Waals surface area contributed by atoms with Gasteiger partial charge in [-0.1, -0.05) is 12.1 Å². The number of aliphatic hydroxyl groups is 1. The number of rotatable bonds is 6. The first-order valence-corrected chi connectivity index (χ1v) is 10.5. The van der Waals surface area contributed by atoms with Crippen molar-refractivity contribution < 1.29 is 14.2 Å². The fourth-order valence-electron chi connectivity index (χ4n) is 3.95. The monoisotopic (exact) mass is 392 g/mol. The summed E-state index contributed by atoms with van der Waals surface area (Å²) in [5, 5.41) is 16.5. The zero-order chi connectivity index (χ0) is 19.8. The molecule has 1 aromatic rings. The first-order chi connectivity index (χ1) is 13.7. The van der Waals surface area contributed by atoms with E-state index in [1.165, 1.54) is 6.07 Å². The van der Waals surface area contributed by atoms with Gasteiger partial charge >= 0.3 is 0 Å². The van der Waals surface area contributed by atoms with E-state index in [-0.39, 0.29) is 18.0 Å². The Hall–Kier alpha value is -1.70. The second-order valence-electron chi connectivity index (χ2n) is 7.59. The molecule has 1 atom stereocenters. The van der Waals surface area contributed by atoms with Crippen LogP contribution in [0.2, 0.25) is 0 Å². The number of nitrogens with zero attached hydrogens (tertiary/aromatic N) is 2. The summed E-state index contributed by atoms with van der Waals surface area (Å²) in [7, 11) is 0. The Bertz CT molecular complexity index is 629. The summed E-state index contributed by atoms with van der Waals surface area (Å²) in [6, 6.07) is 7.17. The number of nitrogens with one attached hydrogen (secondary N) is 2. The van der Waals surface area contributed by atoms with Crippen LogP contribution in [0.1, 0.15) is 44.2 Å². The van der Waals surface area contributed by atoms with Crippen LogP contribution in [0, 0.1) is 5.82 Å². The molecule has 1 heterocycles. The van der Waals surface area contributed by atoms with Crippen LogP contribution in [0.25, 0.3) is 0 Å². The quantitative estimate of drug-likeness (QED) is 0.511. The molecule has 1 unspecified atom stereocenters. The van der Waals surface area contributed by atoms with E-state index in [1.807, 2.05) is 13.0 Å². The molecule has 156 valence electrons. The number of benzene rings is 1. The summed E-state index contributed by atoms with van der Waals surface area (Å²) in [5.41, 5.74) is 0.947. The number of halogens is 1. The predicted octanol–water partition coefficient (Wildman–Crippen LogP) is 2.06. The van der Waals surface area contributed by atoms with Gasteiger partial charge in [-0.2, -0.15) is 0 Å². The van der Waals surface area contributed by atoms with E-state index in [2.05, 4.69) is 15.5 Å². The van der Waals surface area contributed by atoms with Gasteiger partial charge in [0.1, 0.15) is 5.82 Å². The number of guanidine groups is 1. The number of hydrogen-bond acceptors (Lipinski definition) is 4. The highest BCUT2D eigenvalue weighted by Gasteiger charge is 2.24. The largest absolute Gasteiger partial charge is 0.393 e. The molecule has 1 saturated carbocycles. The first-order valence-electron chi connectivity index (χ1n) is 10.5. The Balaban J connectivity index is 1.71. The maximum atomic E-state index is 13.8. The zero-order valence-electron chi connectivity index (χ0n) is 16.7. The van der Waals surface area contributed by atoms with Crippen molar-refractivity contribution >= 4 is 5.96 Å². The summed E-state index contributed by atoms with van der Waals surface area (Å²) >= 11 is 0. The Kier molecular flexibility index (Phi) is 8.06. The molecule has 0 aromatic heterocycles. The van der Waals surface area contributed by atoms with E-state index in [0.717, 1.165) is 56.8 Å². The second kappa shape index (κ2) is 10.7. The lowest BCUT2D eigenvalue weighted by atomic mass is 9.93. The van der Waals surface area contributed by atoms with Crippen LogP contribution in [0.3, 0.4) is 0 Å². The fourth-order valence-corrected chi connectivity index (χ4v) is 3.95. The van der Waals surface area contributed by atoms with Crippen molar-refractivity contribution in [1.29, 1.82) is 0 Å². The van der Waals surface area contributed by atoms with Crippen LogP contribution >= 0.6 is 0 Å². The molecule has 0 radical (unpaired) electrons. The fraction of sp³-hybridized carbons (Fsp3) is 0.667. The van der Waals surface area contributed by atoms with Gasteiger partial charge in [-0.3, -0.25) is 9.89 Å². The van der Waals surface area contributed by atoms with Gasteiger partial charge in [0.25, 0.3) is 0 Å². The molecule has 1 aliphatic carbocycles. The number of hydrogen-bond donors (Lipinski definition) is 3. The van der Waals surface area contributed by atoms with Crippen LogP contribution in [0.15, 0.2) is 29.3 Å². The number of ether oxygens (including phenoxy) is 1. The van der Waals surface area contributed by atoms with Crippen LogP contribution in [0.5, 0.6) is 0 Å². The average molecular weight is 393 g/mol. The van der Waals surface area contributed by atoms with Crippen LogP contribution in [0.4, 0.5) is 4.39 Å². The Labute approximate surface area is 167 Å². The molecule has 3 rings (SSSR count). The van der Waals surface area contributed by atoms with Gasteiger partial charge in [-0.15, -0.1) is 0 Å². The topological polar surface area (TPSA) is 69.1 Å². The summed E-state index contributed by atoms with van der Waals surface area (Å²) < 4.78 is 19.3. The lowest BCUT2D eigenvalue weighted by molar-refractivity contribution is 0.0179. The SMILES string of the molecule is CCNC(=NCC(c1cccc(F)c1)N1CCOCC1)NC1CCC(O)CC1. The van der Waals surface area contributed by atoms with Gasteiger partial charge in [0.15, 0.2) is 5.96 Å². The minimum atomic E-state index is -0.217. The van der Waals surface area contributed by atoms with Gasteiger partial charge in [-0.05, 0) is 50.3 Å². The minimum absolute atomic E-state index is 0.0169. The van der Waals surface area contributed by atoms with Crippen molar-refractivity contribution in [2.45, 2.75) is 50.8 Å². The van der Waals surface area contributed by atoms with Crippen molar-refractivity contribution in [1.82, 2.24) is 15.5 Å². The van der Waals surface area contributed by atoms with E-state index in [1.54, 1.807) is 12.1 Å². The molecule has 1 aliphatic heterocycles. The predicted molar refractivity (Wildman–Crippen MR) is 109 cm³/mol. The molecule has 2 aliphatic rings. The summed E-state index contributed by atoms with van der Waals surface area (Å²) in [5.74, 6) is 0.573.